The monoisotopic (exact) mass is 309 g/mol. The Bertz CT molecular complexity index is 846. The smallest absolute Gasteiger partial charge is 0.354 e. The predicted molar refractivity (Wildman–Crippen MR) is 87.1 cm³/mol. The summed E-state index contributed by atoms with van der Waals surface area (Å²) in [5.74, 6) is -1.04. The Balaban J connectivity index is 2.07. The van der Waals surface area contributed by atoms with Crippen LogP contribution in [0.25, 0.3) is 22.4 Å². The molecule has 108 valence electrons. The highest BCUT2D eigenvalue weighted by molar-refractivity contribution is 6.33. The standard InChI is InChI=1S/C18H12ClNO2/c19-15-8-2-1-7-14(15)12-5-3-6-13(11-12)16-9-4-10-17(20-16)18(21)22/h1-11H,(H,21,22). The number of pyridine rings is 1. The van der Waals surface area contributed by atoms with E-state index in [1.54, 1.807) is 12.1 Å². The third-order valence-corrected chi connectivity index (χ3v) is 3.64. The van der Waals surface area contributed by atoms with Gasteiger partial charge in [-0.15, -0.1) is 0 Å². The van der Waals surface area contributed by atoms with Crippen LogP contribution >= 0.6 is 11.6 Å². The van der Waals surface area contributed by atoms with Gasteiger partial charge in [0.1, 0.15) is 5.69 Å². The summed E-state index contributed by atoms with van der Waals surface area (Å²) in [6.45, 7) is 0. The molecule has 0 fully saturated rings. The van der Waals surface area contributed by atoms with Gasteiger partial charge in [-0.3, -0.25) is 0 Å². The van der Waals surface area contributed by atoms with Crippen molar-refractivity contribution >= 4 is 17.6 Å². The number of halogens is 1. The topological polar surface area (TPSA) is 50.2 Å². The van der Waals surface area contributed by atoms with Crippen molar-refractivity contribution in [1.82, 2.24) is 4.98 Å². The summed E-state index contributed by atoms with van der Waals surface area (Å²) in [6, 6.07) is 20.3. The molecule has 0 amide bonds. The Labute approximate surface area is 132 Å². The number of hydrogen-bond donors (Lipinski definition) is 1. The average molecular weight is 310 g/mol. The molecule has 0 saturated carbocycles. The maximum atomic E-state index is 11.0. The van der Waals surface area contributed by atoms with Crippen LogP contribution in [0.4, 0.5) is 0 Å². The van der Waals surface area contributed by atoms with Crippen molar-refractivity contribution < 1.29 is 9.90 Å². The minimum atomic E-state index is -1.04. The molecule has 0 saturated heterocycles. The molecule has 0 aliphatic rings. The lowest BCUT2D eigenvalue weighted by atomic mass is 10.0. The molecule has 0 aliphatic carbocycles. The molecule has 3 nitrogen and oxygen atoms in total. The van der Waals surface area contributed by atoms with E-state index in [1.807, 2.05) is 48.5 Å². The van der Waals surface area contributed by atoms with Crippen molar-refractivity contribution in [1.29, 1.82) is 0 Å². The van der Waals surface area contributed by atoms with Gasteiger partial charge in [0, 0.05) is 16.1 Å². The number of rotatable bonds is 3. The molecule has 1 aromatic heterocycles. The molecule has 0 radical (unpaired) electrons. The first-order valence-corrected chi connectivity index (χ1v) is 7.08. The van der Waals surface area contributed by atoms with Gasteiger partial charge in [-0.25, -0.2) is 9.78 Å². The molecule has 1 N–H and O–H groups in total. The highest BCUT2D eigenvalue weighted by Gasteiger charge is 2.08. The van der Waals surface area contributed by atoms with Crippen molar-refractivity contribution in [2.75, 3.05) is 0 Å². The van der Waals surface area contributed by atoms with E-state index in [4.69, 9.17) is 16.7 Å². The minimum Gasteiger partial charge on any atom is -0.477 e. The van der Waals surface area contributed by atoms with Gasteiger partial charge in [0.05, 0.1) is 5.69 Å². The molecule has 3 rings (SSSR count). The number of hydrogen-bond acceptors (Lipinski definition) is 2. The number of carboxylic acid groups (broad SMARTS) is 1. The summed E-state index contributed by atoms with van der Waals surface area (Å²) in [4.78, 5) is 15.2. The third kappa shape index (κ3) is 2.85. The summed E-state index contributed by atoms with van der Waals surface area (Å²) < 4.78 is 0. The first-order valence-electron chi connectivity index (χ1n) is 6.71. The summed E-state index contributed by atoms with van der Waals surface area (Å²) in [6.07, 6.45) is 0. The fourth-order valence-corrected chi connectivity index (χ4v) is 2.50. The molecule has 4 heteroatoms. The summed E-state index contributed by atoms with van der Waals surface area (Å²) in [5.41, 5.74) is 3.39. The van der Waals surface area contributed by atoms with Crippen molar-refractivity contribution in [3.8, 4) is 22.4 Å². The second-order valence-electron chi connectivity index (χ2n) is 4.77. The molecule has 22 heavy (non-hydrogen) atoms. The van der Waals surface area contributed by atoms with Gasteiger partial charge < -0.3 is 5.11 Å². The van der Waals surface area contributed by atoms with Crippen LogP contribution in [0.15, 0.2) is 66.7 Å². The van der Waals surface area contributed by atoms with Crippen LogP contribution in [0, 0.1) is 0 Å². The first-order chi connectivity index (χ1) is 10.6. The Morgan fingerprint density at radius 2 is 1.64 bits per heavy atom. The van der Waals surface area contributed by atoms with Crippen LogP contribution in [0.5, 0.6) is 0 Å². The SMILES string of the molecule is O=C(O)c1cccc(-c2cccc(-c3ccccc3Cl)c2)n1. The molecule has 1 heterocycles. The van der Waals surface area contributed by atoms with Gasteiger partial charge in [0.2, 0.25) is 0 Å². The molecule has 2 aromatic carbocycles. The number of aromatic nitrogens is 1. The fraction of sp³-hybridized carbons (Fsp3) is 0. The van der Waals surface area contributed by atoms with E-state index in [-0.39, 0.29) is 5.69 Å². The van der Waals surface area contributed by atoms with E-state index in [0.717, 1.165) is 16.7 Å². The molecular formula is C18H12ClNO2. The number of nitrogens with zero attached hydrogens (tertiary/aromatic N) is 1. The maximum Gasteiger partial charge on any atom is 0.354 e. The van der Waals surface area contributed by atoms with Crippen LogP contribution in [0.2, 0.25) is 5.02 Å². The highest BCUT2D eigenvalue weighted by atomic mass is 35.5. The molecule has 0 aliphatic heterocycles. The zero-order valence-electron chi connectivity index (χ0n) is 11.5. The van der Waals surface area contributed by atoms with Crippen LogP contribution < -0.4 is 0 Å². The van der Waals surface area contributed by atoms with Crippen LogP contribution in [0.3, 0.4) is 0 Å². The molecular weight excluding hydrogens is 298 g/mol. The van der Waals surface area contributed by atoms with E-state index in [0.29, 0.717) is 10.7 Å². The quantitative estimate of drug-likeness (QED) is 0.758. The fourth-order valence-electron chi connectivity index (χ4n) is 2.26. The van der Waals surface area contributed by atoms with E-state index in [9.17, 15) is 4.79 Å². The lowest BCUT2D eigenvalue weighted by Gasteiger charge is -2.07. The Morgan fingerprint density at radius 3 is 2.41 bits per heavy atom. The van der Waals surface area contributed by atoms with Gasteiger partial charge in [0.25, 0.3) is 0 Å². The predicted octanol–water partition coefficient (Wildman–Crippen LogP) is 4.77. The largest absolute Gasteiger partial charge is 0.477 e. The summed E-state index contributed by atoms with van der Waals surface area (Å²) in [5, 5.41) is 9.72. The van der Waals surface area contributed by atoms with Crippen molar-refractivity contribution in [3.63, 3.8) is 0 Å². The zero-order valence-corrected chi connectivity index (χ0v) is 12.3. The average Bonchev–Trinajstić information content (AvgIpc) is 2.55. The van der Waals surface area contributed by atoms with Crippen LogP contribution in [-0.4, -0.2) is 16.1 Å². The third-order valence-electron chi connectivity index (χ3n) is 3.31. The highest BCUT2D eigenvalue weighted by Crippen LogP contribution is 2.30. The lowest BCUT2D eigenvalue weighted by molar-refractivity contribution is 0.0690. The van der Waals surface area contributed by atoms with Crippen LogP contribution in [0.1, 0.15) is 10.5 Å². The number of carboxylic acids is 1. The molecule has 3 aromatic rings. The zero-order chi connectivity index (χ0) is 15.5. The van der Waals surface area contributed by atoms with Crippen molar-refractivity contribution in [2.45, 2.75) is 0 Å². The maximum absolute atomic E-state index is 11.0. The van der Waals surface area contributed by atoms with Crippen LogP contribution in [-0.2, 0) is 0 Å². The van der Waals surface area contributed by atoms with Gasteiger partial charge in [0.15, 0.2) is 0 Å². The number of aromatic carboxylic acids is 1. The summed E-state index contributed by atoms with van der Waals surface area (Å²) >= 11 is 6.23. The van der Waals surface area contributed by atoms with Gasteiger partial charge >= 0.3 is 5.97 Å². The van der Waals surface area contributed by atoms with Crippen molar-refractivity contribution in [2.24, 2.45) is 0 Å². The van der Waals surface area contributed by atoms with Gasteiger partial charge in [-0.05, 0) is 29.8 Å². The van der Waals surface area contributed by atoms with E-state index >= 15 is 0 Å². The van der Waals surface area contributed by atoms with E-state index < -0.39 is 5.97 Å². The van der Waals surface area contributed by atoms with Gasteiger partial charge in [-0.2, -0.15) is 0 Å². The Kier molecular flexibility index (Phi) is 3.90. The molecule has 0 spiro atoms. The minimum absolute atomic E-state index is 0.0284. The number of benzene rings is 2. The first kappa shape index (κ1) is 14.3. The normalized spacial score (nSPS) is 10.4. The summed E-state index contributed by atoms with van der Waals surface area (Å²) in [7, 11) is 0. The second-order valence-corrected chi connectivity index (χ2v) is 5.18. The second kappa shape index (κ2) is 6.00. The number of carbonyl (C=O) groups is 1. The van der Waals surface area contributed by atoms with E-state index in [1.165, 1.54) is 6.07 Å². The molecule has 0 atom stereocenters. The Hall–Kier alpha value is -2.65. The van der Waals surface area contributed by atoms with Gasteiger partial charge in [-0.1, -0.05) is 54.1 Å². The molecule has 0 unspecified atom stereocenters. The van der Waals surface area contributed by atoms with Crippen molar-refractivity contribution in [3.05, 3.63) is 77.4 Å². The Morgan fingerprint density at radius 1 is 0.909 bits per heavy atom. The lowest BCUT2D eigenvalue weighted by Crippen LogP contribution is -2.00. The van der Waals surface area contributed by atoms with E-state index in [2.05, 4.69) is 4.98 Å². The molecule has 0 bridgehead atoms.